The standard InChI is InChI=1S/C14H12F3NO/c1-8(18)9-2-5-14(13(17)6-9)19-10-3-4-11(15)12(16)7-10/h2-8H,18H2,1H3. The van der Waals surface area contributed by atoms with E-state index in [-0.39, 0.29) is 17.5 Å². The summed E-state index contributed by atoms with van der Waals surface area (Å²) in [7, 11) is 0. The third-order valence-corrected chi connectivity index (χ3v) is 2.60. The van der Waals surface area contributed by atoms with E-state index in [1.54, 1.807) is 13.0 Å². The first-order valence-electron chi connectivity index (χ1n) is 5.65. The monoisotopic (exact) mass is 267 g/mol. The molecule has 0 aliphatic carbocycles. The Morgan fingerprint density at radius 1 is 0.947 bits per heavy atom. The van der Waals surface area contributed by atoms with Crippen molar-refractivity contribution in [1.82, 2.24) is 0 Å². The van der Waals surface area contributed by atoms with Crippen LogP contribution in [0.1, 0.15) is 18.5 Å². The van der Waals surface area contributed by atoms with E-state index in [1.165, 1.54) is 18.2 Å². The lowest BCUT2D eigenvalue weighted by molar-refractivity contribution is 0.431. The average molecular weight is 267 g/mol. The summed E-state index contributed by atoms with van der Waals surface area (Å²) in [6, 6.07) is 6.95. The number of nitrogens with two attached hydrogens (primary N) is 1. The summed E-state index contributed by atoms with van der Waals surface area (Å²) in [4.78, 5) is 0. The van der Waals surface area contributed by atoms with E-state index in [2.05, 4.69) is 0 Å². The van der Waals surface area contributed by atoms with E-state index in [4.69, 9.17) is 10.5 Å². The minimum absolute atomic E-state index is 0.0198. The Bertz CT molecular complexity index is 599. The number of hydrogen-bond acceptors (Lipinski definition) is 2. The first-order chi connectivity index (χ1) is 8.97. The van der Waals surface area contributed by atoms with Crippen LogP contribution in [-0.2, 0) is 0 Å². The van der Waals surface area contributed by atoms with E-state index < -0.39 is 17.5 Å². The minimum atomic E-state index is -1.05. The third kappa shape index (κ3) is 3.06. The van der Waals surface area contributed by atoms with Crippen molar-refractivity contribution < 1.29 is 17.9 Å². The topological polar surface area (TPSA) is 35.2 Å². The van der Waals surface area contributed by atoms with Crippen molar-refractivity contribution in [1.29, 1.82) is 0 Å². The van der Waals surface area contributed by atoms with Crippen LogP contribution in [0.4, 0.5) is 13.2 Å². The van der Waals surface area contributed by atoms with E-state index in [0.29, 0.717) is 5.56 Å². The summed E-state index contributed by atoms with van der Waals surface area (Å²) in [6.45, 7) is 1.73. The molecule has 0 aromatic heterocycles. The van der Waals surface area contributed by atoms with Crippen molar-refractivity contribution in [2.45, 2.75) is 13.0 Å². The summed E-state index contributed by atoms with van der Waals surface area (Å²) < 4.78 is 44.6. The second-order valence-electron chi connectivity index (χ2n) is 4.16. The number of halogens is 3. The fourth-order valence-electron chi connectivity index (χ4n) is 1.55. The molecule has 0 bridgehead atoms. The fourth-order valence-corrected chi connectivity index (χ4v) is 1.55. The van der Waals surface area contributed by atoms with Gasteiger partial charge in [0.15, 0.2) is 23.2 Å². The maximum absolute atomic E-state index is 13.7. The van der Waals surface area contributed by atoms with Gasteiger partial charge in [-0.15, -0.1) is 0 Å². The molecular weight excluding hydrogens is 255 g/mol. The van der Waals surface area contributed by atoms with E-state index in [1.807, 2.05) is 0 Å². The molecule has 0 radical (unpaired) electrons. The number of hydrogen-bond donors (Lipinski definition) is 1. The van der Waals surface area contributed by atoms with Crippen LogP contribution in [0.3, 0.4) is 0 Å². The first kappa shape index (κ1) is 13.4. The Morgan fingerprint density at radius 2 is 1.68 bits per heavy atom. The van der Waals surface area contributed by atoms with Gasteiger partial charge in [-0.2, -0.15) is 0 Å². The SMILES string of the molecule is CC(N)c1ccc(Oc2ccc(F)c(F)c2)c(F)c1. The van der Waals surface area contributed by atoms with Crippen LogP contribution in [0.5, 0.6) is 11.5 Å². The molecular formula is C14H12F3NO. The summed E-state index contributed by atoms with van der Waals surface area (Å²) in [6.07, 6.45) is 0. The molecule has 2 N–H and O–H groups in total. The smallest absolute Gasteiger partial charge is 0.166 e. The van der Waals surface area contributed by atoms with Crippen LogP contribution in [0.25, 0.3) is 0 Å². The van der Waals surface area contributed by atoms with Gasteiger partial charge in [0.2, 0.25) is 0 Å². The highest BCUT2D eigenvalue weighted by Gasteiger charge is 2.10. The van der Waals surface area contributed by atoms with Gasteiger partial charge in [-0.25, -0.2) is 13.2 Å². The zero-order chi connectivity index (χ0) is 14.0. The van der Waals surface area contributed by atoms with Crippen LogP contribution in [0.2, 0.25) is 0 Å². The third-order valence-electron chi connectivity index (χ3n) is 2.60. The molecule has 1 atom stereocenters. The maximum Gasteiger partial charge on any atom is 0.166 e. The Morgan fingerprint density at radius 3 is 2.26 bits per heavy atom. The molecule has 2 aromatic rings. The normalized spacial score (nSPS) is 12.3. The lowest BCUT2D eigenvalue weighted by Crippen LogP contribution is -2.05. The van der Waals surface area contributed by atoms with E-state index in [0.717, 1.165) is 12.1 Å². The Labute approximate surface area is 108 Å². The van der Waals surface area contributed by atoms with Gasteiger partial charge in [0.05, 0.1) is 0 Å². The summed E-state index contributed by atoms with van der Waals surface area (Å²) >= 11 is 0. The predicted molar refractivity (Wildman–Crippen MR) is 65.4 cm³/mol. The molecule has 0 saturated carbocycles. The average Bonchev–Trinajstić information content (AvgIpc) is 2.36. The molecule has 0 saturated heterocycles. The van der Waals surface area contributed by atoms with Crippen molar-refractivity contribution in [3.63, 3.8) is 0 Å². The molecule has 2 rings (SSSR count). The van der Waals surface area contributed by atoms with Crippen molar-refractivity contribution in [2.24, 2.45) is 5.73 Å². The van der Waals surface area contributed by atoms with Crippen LogP contribution in [0.15, 0.2) is 36.4 Å². The molecule has 0 aliphatic rings. The number of rotatable bonds is 3. The number of benzene rings is 2. The molecule has 0 fully saturated rings. The molecule has 0 aliphatic heterocycles. The number of ether oxygens (including phenoxy) is 1. The molecule has 0 heterocycles. The highest BCUT2D eigenvalue weighted by molar-refractivity contribution is 5.35. The molecule has 0 spiro atoms. The van der Waals surface area contributed by atoms with Crippen molar-refractivity contribution >= 4 is 0 Å². The van der Waals surface area contributed by atoms with Crippen LogP contribution >= 0.6 is 0 Å². The summed E-state index contributed by atoms with van der Waals surface area (Å²) in [5, 5.41) is 0. The summed E-state index contributed by atoms with van der Waals surface area (Å²) in [5.74, 6) is -2.70. The highest BCUT2D eigenvalue weighted by Crippen LogP contribution is 2.27. The quantitative estimate of drug-likeness (QED) is 0.914. The molecule has 0 amide bonds. The van der Waals surface area contributed by atoms with Gasteiger partial charge in [0.25, 0.3) is 0 Å². The Hall–Kier alpha value is -2.01. The van der Waals surface area contributed by atoms with E-state index in [9.17, 15) is 13.2 Å². The predicted octanol–water partition coefficient (Wildman–Crippen LogP) is 3.92. The van der Waals surface area contributed by atoms with Gasteiger partial charge in [0.1, 0.15) is 5.75 Å². The van der Waals surface area contributed by atoms with E-state index >= 15 is 0 Å². The maximum atomic E-state index is 13.7. The molecule has 19 heavy (non-hydrogen) atoms. The fraction of sp³-hybridized carbons (Fsp3) is 0.143. The van der Waals surface area contributed by atoms with Gasteiger partial charge in [-0.3, -0.25) is 0 Å². The molecule has 5 heteroatoms. The first-order valence-corrected chi connectivity index (χ1v) is 5.65. The highest BCUT2D eigenvalue weighted by atomic mass is 19.2. The van der Waals surface area contributed by atoms with Crippen LogP contribution in [0, 0.1) is 17.5 Å². The van der Waals surface area contributed by atoms with Gasteiger partial charge >= 0.3 is 0 Å². The molecule has 1 unspecified atom stereocenters. The molecule has 2 nitrogen and oxygen atoms in total. The van der Waals surface area contributed by atoms with Gasteiger partial charge < -0.3 is 10.5 Å². The zero-order valence-electron chi connectivity index (χ0n) is 10.2. The van der Waals surface area contributed by atoms with Gasteiger partial charge in [-0.1, -0.05) is 6.07 Å². The van der Waals surface area contributed by atoms with Gasteiger partial charge in [0, 0.05) is 12.1 Å². The van der Waals surface area contributed by atoms with Crippen molar-refractivity contribution in [3.8, 4) is 11.5 Å². The largest absolute Gasteiger partial charge is 0.454 e. The molecule has 100 valence electrons. The minimum Gasteiger partial charge on any atom is -0.454 e. The Balaban J connectivity index is 2.25. The van der Waals surface area contributed by atoms with Crippen LogP contribution in [-0.4, -0.2) is 0 Å². The second-order valence-corrected chi connectivity index (χ2v) is 4.16. The lowest BCUT2D eigenvalue weighted by atomic mass is 10.1. The van der Waals surface area contributed by atoms with Crippen LogP contribution < -0.4 is 10.5 Å². The zero-order valence-corrected chi connectivity index (χ0v) is 10.2. The summed E-state index contributed by atoms with van der Waals surface area (Å²) in [5.41, 5.74) is 6.24. The van der Waals surface area contributed by atoms with Gasteiger partial charge in [-0.05, 0) is 36.8 Å². The molecule has 2 aromatic carbocycles. The van der Waals surface area contributed by atoms with Crippen molar-refractivity contribution in [2.75, 3.05) is 0 Å². The van der Waals surface area contributed by atoms with Crippen molar-refractivity contribution in [3.05, 3.63) is 59.4 Å². The second kappa shape index (κ2) is 5.32. The lowest BCUT2D eigenvalue weighted by Gasteiger charge is -2.10. The Kier molecular flexibility index (Phi) is 3.76.